The number of aryl methyl sites for hydroxylation is 1. The van der Waals surface area contributed by atoms with Crippen molar-refractivity contribution in [1.29, 1.82) is 0 Å². The first kappa shape index (κ1) is 23.8. The Bertz CT molecular complexity index is 659. The molecule has 1 saturated carbocycles. The summed E-state index contributed by atoms with van der Waals surface area (Å²) in [4.78, 5) is 18.9. The molecular weight excluding hydrogens is 479 g/mol. The minimum atomic E-state index is 0. The van der Waals surface area contributed by atoms with Crippen LogP contribution in [-0.4, -0.2) is 56.1 Å². The highest BCUT2D eigenvalue weighted by Crippen LogP contribution is 2.27. The maximum Gasteiger partial charge on any atom is 0.225 e. The average molecular weight is 514 g/mol. The molecule has 1 amide bonds. The molecule has 0 bridgehead atoms. The molecule has 1 saturated heterocycles. The molecule has 2 N–H and O–H groups in total. The van der Waals surface area contributed by atoms with Gasteiger partial charge in [0.05, 0.1) is 6.61 Å². The Morgan fingerprint density at radius 1 is 1.21 bits per heavy atom. The van der Waals surface area contributed by atoms with Gasteiger partial charge in [0.1, 0.15) is 5.75 Å². The van der Waals surface area contributed by atoms with E-state index in [1.54, 1.807) is 7.05 Å². The van der Waals surface area contributed by atoms with Crippen molar-refractivity contribution in [3.63, 3.8) is 0 Å². The average Bonchev–Trinajstić information content (AvgIpc) is 3.40. The van der Waals surface area contributed by atoms with Crippen LogP contribution in [0.3, 0.4) is 0 Å². The van der Waals surface area contributed by atoms with Gasteiger partial charge in [-0.25, -0.2) is 0 Å². The number of aliphatic imine (C=N–C) groups is 1. The molecule has 2 fully saturated rings. The van der Waals surface area contributed by atoms with Crippen LogP contribution < -0.4 is 15.4 Å². The van der Waals surface area contributed by atoms with Gasteiger partial charge in [0.15, 0.2) is 5.96 Å². The molecule has 6 nitrogen and oxygen atoms in total. The van der Waals surface area contributed by atoms with Crippen molar-refractivity contribution in [2.24, 2.45) is 10.9 Å². The summed E-state index contributed by atoms with van der Waals surface area (Å²) in [6.07, 6.45) is 6.43. The molecule has 1 aliphatic heterocycles. The number of hydrogen-bond donors (Lipinski definition) is 2. The van der Waals surface area contributed by atoms with E-state index in [0.717, 1.165) is 57.0 Å². The molecule has 29 heavy (non-hydrogen) atoms. The van der Waals surface area contributed by atoms with Crippen LogP contribution in [0.25, 0.3) is 0 Å². The highest BCUT2D eigenvalue weighted by Gasteiger charge is 2.32. The van der Waals surface area contributed by atoms with Gasteiger partial charge in [0.2, 0.25) is 5.91 Å². The molecule has 1 atom stereocenters. The first-order chi connectivity index (χ1) is 13.7. The normalized spacial score (nSPS) is 19.7. The number of nitrogens with one attached hydrogen (secondary N) is 2. The third-order valence-electron chi connectivity index (χ3n) is 5.67. The highest BCUT2D eigenvalue weighted by molar-refractivity contribution is 14.0. The van der Waals surface area contributed by atoms with Gasteiger partial charge in [-0.05, 0) is 44.7 Å². The third-order valence-corrected chi connectivity index (χ3v) is 5.67. The van der Waals surface area contributed by atoms with E-state index in [9.17, 15) is 4.79 Å². The van der Waals surface area contributed by atoms with E-state index < -0.39 is 0 Å². The van der Waals surface area contributed by atoms with Crippen LogP contribution in [0.2, 0.25) is 0 Å². The molecule has 1 aromatic carbocycles. The smallest absolute Gasteiger partial charge is 0.225 e. The SMILES string of the molecule is CN=C(NCCCOc1ccc(C)cc1)NC1CCN(C(=O)C2CCCC2)C1.I. The van der Waals surface area contributed by atoms with Gasteiger partial charge in [-0.3, -0.25) is 9.79 Å². The number of likely N-dealkylation sites (tertiary alicyclic amines) is 1. The summed E-state index contributed by atoms with van der Waals surface area (Å²) in [6.45, 7) is 5.17. The van der Waals surface area contributed by atoms with Gasteiger partial charge in [0, 0.05) is 38.6 Å². The number of amides is 1. The number of nitrogens with zero attached hydrogens (tertiary/aromatic N) is 2. The van der Waals surface area contributed by atoms with Crippen molar-refractivity contribution in [3.8, 4) is 5.75 Å². The Morgan fingerprint density at radius 3 is 2.62 bits per heavy atom. The lowest BCUT2D eigenvalue weighted by molar-refractivity contribution is -0.134. The minimum Gasteiger partial charge on any atom is -0.494 e. The molecule has 2 aliphatic rings. The van der Waals surface area contributed by atoms with Gasteiger partial charge in [0.25, 0.3) is 0 Å². The number of rotatable bonds is 7. The summed E-state index contributed by atoms with van der Waals surface area (Å²) in [6, 6.07) is 8.40. The van der Waals surface area contributed by atoms with Crippen molar-refractivity contribution < 1.29 is 9.53 Å². The standard InChI is InChI=1S/C22H34N4O2.HI/c1-17-8-10-20(11-9-17)28-15-5-13-24-22(23-2)25-19-12-14-26(16-19)21(27)18-6-3-4-7-18;/h8-11,18-19H,3-7,12-16H2,1-2H3,(H2,23,24,25);1H. The number of carbonyl (C=O) groups is 1. The molecule has 1 heterocycles. The number of benzene rings is 1. The van der Waals surface area contributed by atoms with E-state index in [1.165, 1.54) is 18.4 Å². The van der Waals surface area contributed by atoms with Crippen LogP contribution >= 0.6 is 24.0 Å². The van der Waals surface area contributed by atoms with Crippen molar-refractivity contribution in [1.82, 2.24) is 15.5 Å². The van der Waals surface area contributed by atoms with E-state index in [-0.39, 0.29) is 35.9 Å². The van der Waals surface area contributed by atoms with Crippen molar-refractivity contribution in [2.75, 3.05) is 33.3 Å². The zero-order valence-electron chi connectivity index (χ0n) is 17.7. The van der Waals surface area contributed by atoms with Crippen LogP contribution in [0.5, 0.6) is 5.75 Å². The largest absolute Gasteiger partial charge is 0.494 e. The van der Waals surface area contributed by atoms with Crippen LogP contribution in [-0.2, 0) is 4.79 Å². The second-order valence-electron chi connectivity index (χ2n) is 7.91. The summed E-state index contributed by atoms with van der Waals surface area (Å²) >= 11 is 0. The number of guanidine groups is 1. The summed E-state index contributed by atoms with van der Waals surface area (Å²) in [5.41, 5.74) is 1.24. The summed E-state index contributed by atoms with van der Waals surface area (Å²) in [5.74, 6) is 2.34. The molecule has 162 valence electrons. The molecule has 3 rings (SSSR count). The van der Waals surface area contributed by atoms with E-state index in [2.05, 4.69) is 34.7 Å². The number of hydrogen-bond acceptors (Lipinski definition) is 3. The van der Waals surface area contributed by atoms with Crippen LogP contribution in [0, 0.1) is 12.8 Å². The molecule has 0 radical (unpaired) electrons. The van der Waals surface area contributed by atoms with Crippen LogP contribution in [0.15, 0.2) is 29.3 Å². The zero-order valence-corrected chi connectivity index (χ0v) is 20.0. The number of halogens is 1. The summed E-state index contributed by atoms with van der Waals surface area (Å²) < 4.78 is 5.75. The lowest BCUT2D eigenvalue weighted by atomic mass is 10.1. The number of ether oxygens (including phenoxy) is 1. The van der Waals surface area contributed by atoms with E-state index in [1.807, 2.05) is 17.0 Å². The van der Waals surface area contributed by atoms with Gasteiger partial charge >= 0.3 is 0 Å². The van der Waals surface area contributed by atoms with E-state index in [4.69, 9.17) is 4.74 Å². The van der Waals surface area contributed by atoms with Gasteiger partial charge in [-0.15, -0.1) is 24.0 Å². The fourth-order valence-electron chi connectivity index (χ4n) is 4.00. The quantitative estimate of drug-likeness (QED) is 0.254. The first-order valence-electron chi connectivity index (χ1n) is 10.6. The Balaban J connectivity index is 0.00000300. The minimum absolute atomic E-state index is 0. The molecular formula is C22H35IN4O2. The molecule has 7 heteroatoms. The molecule has 1 aromatic rings. The van der Waals surface area contributed by atoms with Crippen molar-refractivity contribution in [2.45, 2.75) is 51.5 Å². The van der Waals surface area contributed by atoms with Crippen molar-refractivity contribution >= 4 is 35.8 Å². The summed E-state index contributed by atoms with van der Waals surface area (Å²) in [5, 5.41) is 6.81. The predicted octanol–water partition coefficient (Wildman–Crippen LogP) is 3.34. The summed E-state index contributed by atoms with van der Waals surface area (Å²) in [7, 11) is 1.79. The predicted molar refractivity (Wildman–Crippen MR) is 128 cm³/mol. The lowest BCUT2D eigenvalue weighted by Gasteiger charge is -2.21. The lowest BCUT2D eigenvalue weighted by Crippen LogP contribution is -2.45. The van der Waals surface area contributed by atoms with Gasteiger partial charge in [-0.1, -0.05) is 30.5 Å². The maximum atomic E-state index is 12.6. The van der Waals surface area contributed by atoms with Crippen LogP contribution in [0.4, 0.5) is 0 Å². The topological polar surface area (TPSA) is 66.0 Å². The fourth-order valence-corrected chi connectivity index (χ4v) is 4.00. The molecule has 0 spiro atoms. The van der Waals surface area contributed by atoms with Gasteiger partial charge in [-0.2, -0.15) is 0 Å². The second-order valence-corrected chi connectivity index (χ2v) is 7.91. The Morgan fingerprint density at radius 2 is 1.93 bits per heavy atom. The highest BCUT2D eigenvalue weighted by atomic mass is 127. The van der Waals surface area contributed by atoms with Crippen LogP contribution in [0.1, 0.15) is 44.1 Å². The number of carbonyl (C=O) groups excluding carboxylic acids is 1. The Hall–Kier alpha value is -1.51. The van der Waals surface area contributed by atoms with E-state index in [0.29, 0.717) is 12.5 Å². The zero-order chi connectivity index (χ0) is 19.8. The monoisotopic (exact) mass is 514 g/mol. The van der Waals surface area contributed by atoms with E-state index >= 15 is 0 Å². The Kier molecular flexibility index (Phi) is 10.0. The first-order valence-corrected chi connectivity index (χ1v) is 10.6. The molecule has 1 aliphatic carbocycles. The molecule has 0 aromatic heterocycles. The third kappa shape index (κ3) is 7.35. The fraction of sp³-hybridized carbons (Fsp3) is 0.636. The van der Waals surface area contributed by atoms with Gasteiger partial charge < -0.3 is 20.3 Å². The maximum absolute atomic E-state index is 12.6. The molecule has 1 unspecified atom stereocenters. The Labute approximate surface area is 191 Å². The second kappa shape index (κ2) is 12.2. The van der Waals surface area contributed by atoms with Crippen molar-refractivity contribution in [3.05, 3.63) is 29.8 Å².